The number of nitrogens with one attached hydrogen (secondary N) is 1. The molecule has 136 valence electrons. The predicted octanol–water partition coefficient (Wildman–Crippen LogP) is 2.33. The summed E-state index contributed by atoms with van der Waals surface area (Å²) in [6, 6.07) is 0. The van der Waals surface area contributed by atoms with Gasteiger partial charge in [0.05, 0.1) is 14.2 Å². The highest BCUT2D eigenvalue weighted by atomic mass is 16.6. The lowest BCUT2D eigenvalue weighted by atomic mass is 9.94. The Bertz CT molecular complexity index is 723. The first-order chi connectivity index (χ1) is 11.9. The number of carbonyl (C=O) groups excluding carboxylic acids is 2. The molecule has 0 bridgehead atoms. The van der Waals surface area contributed by atoms with Gasteiger partial charge in [-0.3, -0.25) is 9.63 Å². The van der Waals surface area contributed by atoms with Gasteiger partial charge in [0.25, 0.3) is 0 Å². The normalized spacial score (nSPS) is 13.4. The molecular formula is C18H23NO6. The molecule has 0 saturated carbocycles. The largest absolute Gasteiger partial charge is 0.507 e. The molecule has 1 aliphatic rings. The fourth-order valence-corrected chi connectivity index (χ4v) is 2.88. The van der Waals surface area contributed by atoms with Crippen molar-refractivity contribution in [3.8, 4) is 11.5 Å². The molecule has 0 fully saturated rings. The summed E-state index contributed by atoms with van der Waals surface area (Å²) in [7, 11) is 2.91. The van der Waals surface area contributed by atoms with Crippen LogP contribution in [0.3, 0.4) is 0 Å². The van der Waals surface area contributed by atoms with Crippen molar-refractivity contribution >= 4 is 11.9 Å². The third kappa shape index (κ3) is 3.93. The van der Waals surface area contributed by atoms with Crippen LogP contribution in [0.15, 0.2) is 11.6 Å². The predicted molar refractivity (Wildman–Crippen MR) is 90.4 cm³/mol. The van der Waals surface area contributed by atoms with E-state index >= 15 is 0 Å². The molecular weight excluding hydrogens is 326 g/mol. The number of phenols is 1. The molecule has 2 rings (SSSR count). The molecule has 2 N–H and O–H groups in total. The Kier molecular flexibility index (Phi) is 6.03. The van der Waals surface area contributed by atoms with Crippen LogP contribution in [-0.4, -0.2) is 31.2 Å². The number of esters is 1. The number of benzene rings is 1. The second-order valence-corrected chi connectivity index (χ2v) is 5.90. The topological polar surface area (TPSA) is 94.1 Å². The van der Waals surface area contributed by atoms with E-state index in [0.29, 0.717) is 36.1 Å². The first-order valence-electron chi connectivity index (χ1n) is 7.96. The van der Waals surface area contributed by atoms with Crippen molar-refractivity contribution < 1.29 is 29.0 Å². The molecule has 0 atom stereocenters. The standard InChI is InChI=1S/C18H23NO6/c1-10(6-8-14(20)19-24-4)5-7-12-16(21)15-13(9-25-18(15)22)11(2)17(12)23-3/h5,21H,6-9H2,1-4H3,(H,19,20). The number of aromatic hydroxyl groups is 1. The summed E-state index contributed by atoms with van der Waals surface area (Å²) in [4.78, 5) is 27.8. The van der Waals surface area contributed by atoms with Gasteiger partial charge in [-0.15, -0.1) is 0 Å². The quantitative estimate of drug-likeness (QED) is 0.446. The summed E-state index contributed by atoms with van der Waals surface area (Å²) in [6.07, 6.45) is 3.15. The average molecular weight is 349 g/mol. The number of methoxy groups -OCH3 is 1. The maximum atomic E-state index is 11.9. The Morgan fingerprint density at radius 2 is 2.08 bits per heavy atom. The van der Waals surface area contributed by atoms with E-state index in [1.54, 1.807) is 0 Å². The van der Waals surface area contributed by atoms with Crippen LogP contribution in [0.1, 0.15) is 46.8 Å². The van der Waals surface area contributed by atoms with Crippen LogP contribution in [0.2, 0.25) is 0 Å². The van der Waals surface area contributed by atoms with Gasteiger partial charge in [0.2, 0.25) is 5.91 Å². The smallest absolute Gasteiger partial charge is 0.342 e. The van der Waals surface area contributed by atoms with Gasteiger partial charge in [0, 0.05) is 17.5 Å². The van der Waals surface area contributed by atoms with Crippen LogP contribution in [-0.2, 0) is 27.4 Å². The number of hydroxylamine groups is 1. The van der Waals surface area contributed by atoms with Gasteiger partial charge in [-0.25, -0.2) is 10.3 Å². The molecule has 0 saturated heterocycles. The third-order valence-electron chi connectivity index (χ3n) is 4.26. The summed E-state index contributed by atoms with van der Waals surface area (Å²) in [5.74, 6) is -0.264. The summed E-state index contributed by atoms with van der Waals surface area (Å²) in [5.41, 5.74) is 5.47. The number of hydrogen-bond acceptors (Lipinski definition) is 6. The second kappa shape index (κ2) is 8.02. The number of rotatable bonds is 7. The maximum Gasteiger partial charge on any atom is 0.342 e. The number of amides is 1. The van der Waals surface area contributed by atoms with Crippen molar-refractivity contribution in [3.63, 3.8) is 0 Å². The molecule has 1 heterocycles. The van der Waals surface area contributed by atoms with E-state index in [9.17, 15) is 14.7 Å². The number of allylic oxidation sites excluding steroid dienone is 2. The van der Waals surface area contributed by atoms with Crippen LogP contribution in [0.4, 0.5) is 0 Å². The Morgan fingerprint density at radius 3 is 2.72 bits per heavy atom. The van der Waals surface area contributed by atoms with Crippen molar-refractivity contribution in [2.24, 2.45) is 0 Å². The lowest BCUT2D eigenvalue weighted by Gasteiger charge is -2.15. The zero-order valence-corrected chi connectivity index (χ0v) is 14.9. The minimum absolute atomic E-state index is 0.0962. The van der Waals surface area contributed by atoms with E-state index in [-0.39, 0.29) is 23.8 Å². The molecule has 0 aromatic heterocycles. The van der Waals surface area contributed by atoms with Crippen LogP contribution >= 0.6 is 0 Å². The first-order valence-corrected chi connectivity index (χ1v) is 7.96. The molecule has 0 unspecified atom stereocenters. The van der Waals surface area contributed by atoms with E-state index < -0.39 is 5.97 Å². The Morgan fingerprint density at radius 1 is 1.36 bits per heavy atom. The number of phenolic OH excluding ortho intramolecular Hbond substituents is 1. The van der Waals surface area contributed by atoms with Gasteiger partial charge in [-0.05, 0) is 32.3 Å². The van der Waals surface area contributed by atoms with Crippen molar-refractivity contribution in [3.05, 3.63) is 33.9 Å². The highest BCUT2D eigenvalue weighted by Gasteiger charge is 2.31. The zero-order valence-electron chi connectivity index (χ0n) is 14.9. The molecule has 1 amide bonds. The molecule has 0 radical (unpaired) electrons. The minimum Gasteiger partial charge on any atom is -0.507 e. The van der Waals surface area contributed by atoms with Crippen molar-refractivity contribution in [2.45, 2.75) is 39.7 Å². The molecule has 25 heavy (non-hydrogen) atoms. The van der Waals surface area contributed by atoms with E-state index in [4.69, 9.17) is 9.47 Å². The average Bonchev–Trinajstić information content (AvgIpc) is 2.97. The van der Waals surface area contributed by atoms with Crippen molar-refractivity contribution in [1.82, 2.24) is 5.48 Å². The number of hydrogen-bond donors (Lipinski definition) is 2. The number of cyclic esters (lactones) is 1. The number of fused-ring (bicyclic) bond motifs is 1. The minimum atomic E-state index is -0.517. The van der Waals surface area contributed by atoms with Crippen LogP contribution in [0.5, 0.6) is 11.5 Å². The molecule has 7 heteroatoms. The van der Waals surface area contributed by atoms with Gasteiger partial charge < -0.3 is 14.6 Å². The summed E-state index contributed by atoms with van der Waals surface area (Å²) >= 11 is 0. The van der Waals surface area contributed by atoms with Gasteiger partial charge >= 0.3 is 5.97 Å². The van der Waals surface area contributed by atoms with E-state index in [0.717, 1.165) is 11.1 Å². The molecule has 0 aliphatic carbocycles. The van der Waals surface area contributed by atoms with Gasteiger partial charge in [0.1, 0.15) is 23.7 Å². The first kappa shape index (κ1) is 18.8. The van der Waals surface area contributed by atoms with Crippen LogP contribution < -0.4 is 10.2 Å². The molecule has 7 nitrogen and oxygen atoms in total. The zero-order chi connectivity index (χ0) is 18.6. The molecule has 1 aliphatic heterocycles. The fourth-order valence-electron chi connectivity index (χ4n) is 2.88. The van der Waals surface area contributed by atoms with Crippen LogP contribution in [0, 0.1) is 6.92 Å². The van der Waals surface area contributed by atoms with Crippen LogP contribution in [0.25, 0.3) is 0 Å². The van der Waals surface area contributed by atoms with Crippen molar-refractivity contribution in [2.75, 3.05) is 14.2 Å². The summed E-state index contributed by atoms with van der Waals surface area (Å²) in [6.45, 7) is 3.89. The van der Waals surface area contributed by atoms with E-state index in [1.165, 1.54) is 14.2 Å². The maximum absolute atomic E-state index is 11.9. The van der Waals surface area contributed by atoms with Crippen molar-refractivity contribution in [1.29, 1.82) is 0 Å². The lowest BCUT2D eigenvalue weighted by Crippen LogP contribution is -2.21. The van der Waals surface area contributed by atoms with E-state index in [2.05, 4.69) is 10.3 Å². The third-order valence-corrected chi connectivity index (χ3v) is 4.26. The monoisotopic (exact) mass is 349 g/mol. The van der Waals surface area contributed by atoms with Gasteiger partial charge in [-0.1, -0.05) is 11.6 Å². The summed E-state index contributed by atoms with van der Waals surface area (Å²) in [5, 5.41) is 10.5. The Labute approximate surface area is 146 Å². The number of carbonyl (C=O) groups is 2. The molecule has 1 aromatic carbocycles. The SMILES string of the molecule is CONC(=O)CCC(C)=CCc1c(O)c2c(c(C)c1OC)COC2=O. The molecule has 1 aromatic rings. The molecule has 0 spiro atoms. The Balaban J connectivity index is 2.23. The van der Waals surface area contributed by atoms with E-state index in [1.807, 2.05) is 19.9 Å². The van der Waals surface area contributed by atoms with Gasteiger partial charge in [0.15, 0.2) is 0 Å². The highest BCUT2D eigenvalue weighted by molar-refractivity contribution is 5.98. The Hall–Kier alpha value is -2.54. The number of ether oxygens (including phenoxy) is 2. The second-order valence-electron chi connectivity index (χ2n) is 5.90. The fraction of sp³-hybridized carbons (Fsp3) is 0.444. The lowest BCUT2D eigenvalue weighted by molar-refractivity contribution is -0.131. The van der Waals surface area contributed by atoms with Gasteiger partial charge in [-0.2, -0.15) is 0 Å². The summed E-state index contributed by atoms with van der Waals surface area (Å²) < 4.78 is 10.5. The highest BCUT2D eigenvalue weighted by Crippen LogP contribution is 2.42.